The molecule has 1 aliphatic carbocycles. The smallest absolute Gasteiger partial charge is 0.243 e. The van der Waals surface area contributed by atoms with Crippen LogP contribution < -0.4 is 14.8 Å². The van der Waals surface area contributed by atoms with Crippen LogP contribution in [0.15, 0.2) is 47.4 Å². The minimum absolute atomic E-state index is 0.0318. The van der Waals surface area contributed by atoms with Crippen LogP contribution in [-0.4, -0.2) is 44.9 Å². The van der Waals surface area contributed by atoms with Crippen molar-refractivity contribution in [2.24, 2.45) is 5.92 Å². The van der Waals surface area contributed by atoms with Crippen molar-refractivity contribution in [1.29, 1.82) is 0 Å². The minimum atomic E-state index is -3.66. The Bertz CT molecular complexity index is 1130. The lowest BCUT2D eigenvalue weighted by molar-refractivity contribution is -0.127. The third kappa shape index (κ3) is 4.59. The van der Waals surface area contributed by atoms with Gasteiger partial charge in [-0.05, 0) is 55.4 Å². The lowest BCUT2D eigenvalue weighted by Crippen LogP contribution is -2.44. The Morgan fingerprint density at radius 2 is 1.70 bits per heavy atom. The highest BCUT2D eigenvalue weighted by molar-refractivity contribution is 7.89. The average Bonchev–Trinajstić information content (AvgIpc) is 3.09. The summed E-state index contributed by atoms with van der Waals surface area (Å²) in [7, 11) is -3.66. The van der Waals surface area contributed by atoms with Crippen molar-refractivity contribution >= 4 is 15.9 Å². The first-order valence-corrected chi connectivity index (χ1v) is 13.2. The van der Waals surface area contributed by atoms with E-state index in [1.165, 1.54) is 15.4 Å². The predicted molar refractivity (Wildman–Crippen MR) is 124 cm³/mol. The van der Waals surface area contributed by atoms with E-state index in [4.69, 9.17) is 9.47 Å². The number of hydrogen-bond donors (Lipinski definition) is 1. The molecular formula is C25H30N2O5S. The Balaban J connectivity index is 1.22. The number of hydrogen-bond acceptors (Lipinski definition) is 5. The molecule has 1 fully saturated rings. The van der Waals surface area contributed by atoms with Gasteiger partial charge in [-0.1, -0.05) is 24.3 Å². The van der Waals surface area contributed by atoms with Crippen LogP contribution in [0, 0.1) is 5.92 Å². The fraction of sp³-hybridized carbons (Fsp3) is 0.480. The highest BCUT2D eigenvalue weighted by Gasteiger charge is 2.34. The number of nitrogens with zero attached hydrogens (tertiary/aromatic N) is 1. The second-order valence-electron chi connectivity index (χ2n) is 8.99. The molecule has 0 saturated carbocycles. The van der Waals surface area contributed by atoms with Crippen molar-refractivity contribution in [3.63, 3.8) is 0 Å². The summed E-state index contributed by atoms with van der Waals surface area (Å²) >= 11 is 0. The van der Waals surface area contributed by atoms with Crippen molar-refractivity contribution in [2.45, 2.75) is 49.5 Å². The largest absolute Gasteiger partial charge is 0.490 e. The molecule has 2 aromatic carbocycles. The zero-order valence-electron chi connectivity index (χ0n) is 18.7. The molecule has 0 aromatic heterocycles. The summed E-state index contributed by atoms with van der Waals surface area (Å²) in [6, 6.07) is 13.1. The van der Waals surface area contributed by atoms with E-state index in [1.807, 2.05) is 12.1 Å². The lowest BCUT2D eigenvalue weighted by atomic mass is 9.87. The van der Waals surface area contributed by atoms with Crippen LogP contribution in [-0.2, 0) is 21.2 Å². The van der Waals surface area contributed by atoms with Crippen LogP contribution in [0.25, 0.3) is 0 Å². The topological polar surface area (TPSA) is 84.9 Å². The maximum atomic E-state index is 13.2. The number of fused-ring (bicyclic) bond motifs is 2. The highest BCUT2D eigenvalue weighted by Crippen LogP contribution is 2.34. The first-order chi connectivity index (χ1) is 16.0. The van der Waals surface area contributed by atoms with E-state index in [-0.39, 0.29) is 22.8 Å². The molecule has 7 nitrogen and oxygen atoms in total. The van der Waals surface area contributed by atoms with Gasteiger partial charge in [0.1, 0.15) is 0 Å². The van der Waals surface area contributed by atoms with Gasteiger partial charge in [-0.2, -0.15) is 4.31 Å². The molecule has 1 atom stereocenters. The van der Waals surface area contributed by atoms with Gasteiger partial charge < -0.3 is 14.8 Å². The molecule has 3 aliphatic rings. The monoisotopic (exact) mass is 470 g/mol. The molecule has 0 radical (unpaired) electrons. The van der Waals surface area contributed by atoms with E-state index in [1.54, 1.807) is 18.2 Å². The second-order valence-corrected chi connectivity index (χ2v) is 10.9. The molecule has 1 N–H and O–H groups in total. The number of aryl methyl sites for hydroxylation is 1. The number of carbonyl (C=O) groups excluding carboxylic acids is 1. The summed E-state index contributed by atoms with van der Waals surface area (Å²) in [5.74, 6) is 0.903. The molecular weight excluding hydrogens is 440 g/mol. The van der Waals surface area contributed by atoms with Crippen LogP contribution in [0.4, 0.5) is 0 Å². The van der Waals surface area contributed by atoms with E-state index >= 15 is 0 Å². The first-order valence-electron chi connectivity index (χ1n) is 11.8. The molecule has 33 heavy (non-hydrogen) atoms. The number of rotatable bonds is 4. The highest BCUT2D eigenvalue weighted by atomic mass is 32.2. The fourth-order valence-electron chi connectivity index (χ4n) is 5.00. The normalized spacial score (nSPS) is 21.6. The van der Waals surface area contributed by atoms with Gasteiger partial charge in [0.05, 0.1) is 24.2 Å². The van der Waals surface area contributed by atoms with E-state index in [0.717, 1.165) is 25.7 Å². The zero-order valence-corrected chi connectivity index (χ0v) is 19.5. The van der Waals surface area contributed by atoms with Gasteiger partial charge in [-0.15, -0.1) is 0 Å². The molecule has 1 saturated heterocycles. The number of amides is 1. The summed E-state index contributed by atoms with van der Waals surface area (Å²) in [6.45, 7) is 1.72. The van der Waals surface area contributed by atoms with Crippen molar-refractivity contribution in [3.8, 4) is 11.5 Å². The third-order valence-electron chi connectivity index (χ3n) is 6.87. The van der Waals surface area contributed by atoms with Crippen molar-refractivity contribution in [1.82, 2.24) is 9.62 Å². The molecule has 2 aliphatic heterocycles. The third-order valence-corrected chi connectivity index (χ3v) is 8.76. The first kappa shape index (κ1) is 22.2. The number of carbonyl (C=O) groups is 1. The van der Waals surface area contributed by atoms with Gasteiger partial charge in [0, 0.05) is 31.5 Å². The van der Waals surface area contributed by atoms with Gasteiger partial charge in [-0.3, -0.25) is 4.79 Å². The van der Waals surface area contributed by atoms with Crippen molar-refractivity contribution < 1.29 is 22.7 Å². The van der Waals surface area contributed by atoms with E-state index < -0.39 is 10.0 Å². The quantitative estimate of drug-likeness (QED) is 0.740. The predicted octanol–water partition coefficient (Wildman–Crippen LogP) is 3.44. The van der Waals surface area contributed by atoms with Gasteiger partial charge in [-0.25, -0.2) is 8.42 Å². The minimum Gasteiger partial charge on any atom is -0.490 e. The molecule has 0 spiro atoms. The SMILES string of the molecule is O=C(N[C@H]1CCCc2ccccc21)C1CCN(S(=O)(=O)c2ccc3c(c2)OCCCO3)CC1. The van der Waals surface area contributed by atoms with E-state index in [0.29, 0.717) is 50.6 Å². The van der Waals surface area contributed by atoms with Gasteiger partial charge >= 0.3 is 0 Å². The number of sulfonamides is 1. The summed E-state index contributed by atoms with van der Waals surface area (Å²) in [4.78, 5) is 13.2. The number of ether oxygens (including phenoxy) is 2. The van der Waals surface area contributed by atoms with Crippen LogP contribution in [0.2, 0.25) is 0 Å². The lowest BCUT2D eigenvalue weighted by Gasteiger charge is -2.32. The molecule has 2 heterocycles. The van der Waals surface area contributed by atoms with E-state index in [9.17, 15) is 13.2 Å². The number of benzene rings is 2. The molecule has 0 bridgehead atoms. The molecule has 0 unspecified atom stereocenters. The Kier molecular flexibility index (Phi) is 6.29. The summed E-state index contributed by atoms with van der Waals surface area (Å²) in [5.41, 5.74) is 2.52. The summed E-state index contributed by atoms with van der Waals surface area (Å²) in [5, 5.41) is 3.23. The van der Waals surface area contributed by atoms with Crippen molar-refractivity contribution in [2.75, 3.05) is 26.3 Å². The number of nitrogens with one attached hydrogen (secondary N) is 1. The van der Waals surface area contributed by atoms with Gasteiger partial charge in [0.25, 0.3) is 0 Å². The Hall–Kier alpha value is -2.58. The summed E-state index contributed by atoms with van der Waals surface area (Å²) < 4.78 is 39.2. The maximum absolute atomic E-state index is 13.2. The van der Waals surface area contributed by atoms with Crippen LogP contribution in [0.5, 0.6) is 11.5 Å². The van der Waals surface area contributed by atoms with E-state index in [2.05, 4.69) is 17.4 Å². The zero-order chi connectivity index (χ0) is 22.8. The van der Waals surface area contributed by atoms with Gasteiger partial charge in [0.15, 0.2) is 11.5 Å². The molecule has 176 valence electrons. The standard InChI is InChI=1S/C25H30N2O5S/c28-25(26-22-8-3-6-18-5-1-2-7-21(18)22)19-11-13-27(14-12-19)33(29,30)20-9-10-23-24(17-20)32-16-4-15-31-23/h1-2,5,7,9-10,17,19,22H,3-4,6,8,11-16H2,(H,26,28)/t22-/m0/s1. The fourth-order valence-corrected chi connectivity index (χ4v) is 6.49. The molecule has 1 amide bonds. The van der Waals surface area contributed by atoms with Gasteiger partial charge in [0.2, 0.25) is 15.9 Å². The Morgan fingerprint density at radius 3 is 2.52 bits per heavy atom. The molecule has 2 aromatic rings. The van der Waals surface area contributed by atoms with Crippen LogP contribution in [0.3, 0.4) is 0 Å². The van der Waals surface area contributed by atoms with Crippen LogP contribution >= 0.6 is 0 Å². The average molecular weight is 471 g/mol. The van der Waals surface area contributed by atoms with Crippen molar-refractivity contribution in [3.05, 3.63) is 53.6 Å². The summed E-state index contributed by atoms with van der Waals surface area (Å²) in [6.07, 6.45) is 4.86. The second kappa shape index (κ2) is 9.35. The number of piperidine rings is 1. The molecule has 8 heteroatoms. The van der Waals surface area contributed by atoms with Crippen LogP contribution in [0.1, 0.15) is 49.3 Å². The Morgan fingerprint density at radius 1 is 0.939 bits per heavy atom. The maximum Gasteiger partial charge on any atom is 0.243 e. The molecule has 5 rings (SSSR count). The Labute approximate surface area is 195 Å².